The van der Waals surface area contributed by atoms with Crippen LogP contribution in [0.3, 0.4) is 0 Å². The molecule has 4 aliphatic rings. The fourth-order valence-corrected chi connectivity index (χ4v) is 7.41. The molecule has 11 nitrogen and oxygen atoms in total. The number of thiophene rings is 1. The highest BCUT2D eigenvalue weighted by atomic mass is 32.2. The Labute approximate surface area is 220 Å². The van der Waals surface area contributed by atoms with Crippen molar-refractivity contribution < 1.29 is 18.0 Å². The standard InChI is InChI=1S/C24H33N7O4S2/c1-37(34,35)30-9-8-16(12-30)27-24-29-26-13-31(24)17-6-7-19-18(10-17)20(22(33)25-11-14-2-3-14)23(36-19)28-21(32)15-4-5-15/h13-17H,2-12H2,1H3,(H,25,33)(H,27,29)(H,28,32)/t16-,17+/m1/s1. The lowest BCUT2D eigenvalue weighted by atomic mass is 9.91. The summed E-state index contributed by atoms with van der Waals surface area (Å²) in [6.45, 7) is 1.57. The largest absolute Gasteiger partial charge is 0.352 e. The highest BCUT2D eigenvalue weighted by Crippen LogP contribution is 2.42. The predicted octanol–water partition coefficient (Wildman–Crippen LogP) is 2.00. The first kappa shape index (κ1) is 24.8. The van der Waals surface area contributed by atoms with Crippen LogP contribution in [0.4, 0.5) is 10.9 Å². The molecule has 3 fully saturated rings. The molecule has 13 heteroatoms. The Hall–Kier alpha value is -2.51. The maximum absolute atomic E-state index is 13.3. The molecule has 1 saturated heterocycles. The highest BCUT2D eigenvalue weighted by molar-refractivity contribution is 7.88. The van der Waals surface area contributed by atoms with Gasteiger partial charge in [0, 0.05) is 42.5 Å². The van der Waals surface area contributed by atoms with E-state index < -0.39 is 10.0 Å². The van der Waals surface area contributed by atoms with Crippen molar-refractivity contribution >= 4 is 44.1 Å². The molecule has 3 aliphatic carbocycles. The van der Waals surface area contributed by atoms with Crippen LogP contribution in [0.2, 0.25) is 0 Å². The molecule has 6 rings (SSSR count). The van der Waals surface area contributed by atoms with E-state index in [1.54, 1.807) is 6.33 Å². The Morgan fingerprint density at radius 1 is 1.16 bits per heavy atom. The molecule has 1 aliphatic heterocycles. The van der Waals surface area contributed by atoms with Gasteiger partial charge in [0.25, 0.3) is 5.91 Å². The van der Waals surface area contributed by atoms with Gasteiger partial charge in [0.2, 0.25) is 21.9 Å². The smallest absolute Gasteiger partial charge is 0.254 e. The molecular weight excluding hydrogens is 514 g/mol. The van der Waals surface area contributed by atoms with Crippen LogP contribution in [0.25, 0.3) is 0 Å². The molecule has 0 bridgehead atoms. The lowest BCUT2D eigenvalue weighted by molar-refractivity contribution is -0.117. The third kappa shape index (κ3) is 5.39. The van der Waals surface area contributed by atoms with Gasteiger partial charge in [-0.05, 0) is 62.8 Å². The predicted molar refractivity (Wildman–Crippen MR) is 140 cm³/mol. The SMILES string of the molecule is CS(=O)(=O)N1CC[C@@H](Nc2nncn2[C@H]2CCc3sc(NC(=O)C4CC4)c(C(=O)NCC4CC4)c3C2)C1. The number of aromatic nitrogens is 3. The Balaban J connectivity index is 1.21. The van der Waals surface area contributed by atoms with Crippen LogP contribution in [0, 0.1) is 11.8 Å². The van der Waals surface area contributed by atoms with Gasteiger partial charge < -0.3 is 16.0 Å². The minimum atomic E-state index is -3.22. The number of nitrogens with zero attached hydrogens (tertiary/aromatic N) is 4. The molecule has 3 heterocycles. The maximum Gasteiger partial charge on any atom is 0.254 e. The topological polar surface area (TPSA) is 138 Å². The lowest BCUT2D eigenvalue weighted by Gasteiger charge is -2.26. The van der Waals surface area contributed by atoms with Gasteiger partial charge in [-0.2, -0.15) is 0 Å². The first-order valence-corrected chi connectivity index (χ1v) is 15.8. The van der Waals surface area contributed by atoms with Gasteiger partial charge in [-0.3, -0.25) is 14.2 Å². The van der Waals surface area contributed by atoms with Crippen molar-refractivity contribution in [3.05, 3.63) is 22.3 Å². The van der Waals surface area contributed by atoms with E-state index in [1.807, 2.05) is 4.57 Å². The second-order valence-electron chi connectivity index (χ2n) is 10.8. The van der Waals surface area contributed by atoms with E-state index in [0.717, 1.165) is 49.0 Å². The molecule has 2 aromatic heterocycles. The number of carbonyl (C=O) groups excluding carboxylic acids is 2. The summed E-state index contributed by atoms with van der Waals surface area (Å²) in [5, 5.41) is 18.6. The molecule has 2 aromatic rings. The molecule has 2 atom stereocenters. The zero-order valence-corrected chi connectivity index (χ0v) is 22.5. The molecule has 0 radical (unpaired) electrons. The average molecular weight is 548 g/mol. The summed E-state index contributed by atoms with van der Waals surface area (Å²) in [4.78, 5) is 27.1. The van der Waals surface area contributed by atoms with Crippen LogP contribution in [-0.2, 0) is 27.7 Å². The molecular formula is C24H33N7O4S2. The van der Waals surface area contributed by atoms with Crippen LogP contribution in [0.1, 0.15) is 65.4 Å². The summed E-state index contributed by atoms with van der Waals surface area (Å²) >= 11 is 1.53. The highest BCUT2D eigenvalue weighted by Gasteiger charge is 2.35. The third-order valence-corrected chi connectivity index (χ3v) is 10.3. The number of rotatable bonds is 9. The van der Waals surface area contributed by atoms with Gasteiger partial charge >= 0.3 is 0 Å². The summed E-state index contributed by atoms with van der Waals surface area (Å²) in [5.74, 6) is 1.15. The van der Waals surface area contributed by atoms with E-state index in [1.165, 1.54) is 21.9 Å². The number of carbonyl (C=O) groups is 2. The number of nitrogens with one attached hydrogen (secondary N) is 3. The number of fused-ring (bicyclic) bond motifs is 1. The van der Waals surface area contributed by atoms with E-state index in [9.17, 15) is 18.0 Å². The fraction of sp³-hybridized carbons (Fsp3) is 0.667. The Morgan fingerprint density at radius 2 is 1.97 bits per heavy atom. The first-order valence-electron chi connectivity index (χ1n) is 13.1. The van der Waals surface area contributed by atoms with E-state index >= 15 is 0 Å². The molecule has 200 valence electrons. The second kappa shape index (κ2) is 9.66. The maximum atomic E-state index is 13.3. The molecule has 0 unspecified atom stereocenters. The molecule has 3 N–H and O–H groups in total. The van der Waals surface area contributed by atoms with E-state index in [4.69, 9.17) is 0 Å². The normalized spacial score (nSPS) is 24.0. The van der Waals surface area contributed by atoms with Crippen molar-refractivity contribution in [1.82, 2.24) is 24.4 Å². The number of anilines is 2. The minimum absolute atomic E-state index is 0.0105. The number of hydrogen-bond acceptors (Lipinski definition) is 8. The first-order chi connectivity index (χ1) is 17.8. The Bertz CT molecular complexity index is 1310. The summed E-state index contributed by atoms with van der Waals surface area (Å²) in [5.41, 5.74) is 1.62. The molecule has 2 saturated carbocycles. The van der Waals surface area contributed by atoms with Crippen LogP contribution >= 0.6 is 11.3 Å². The summed E-state index contributed by atoms with van der Waals surface area (Å²) < 4.78 is 27.3. The van der Waals surface area contributed by atoms with Gasteiger partial charge in [-0.1, -0.05) is 0 Å². The quantitative estimate of drug-likeness (QED) is 0.437. The molecule has 37 heavy (non-hydrogen) atoms. The number of sulfonamides is 1. The second-order valence-corrected chi connectivity index (χ2v) is 13.9. The van der Waals surface area contributed by atoms with Gasteiger partial charge in [0.05, 0.1) is 11.8 Å². The Kier molecular flexibility index (Phi) is 6.48. The molecule has 0 spiro atoms. The number of amides is 2. The van der Waals surface area contributed by atoms with Crippen molar-refractivity contribution in [3.8, 4) is 0 Å². The van der Waals surface area contributed by atoms with E-state index in [-0.39, 0.29) is 29.8 Å². The van der Waals surface area contributed by atoms with Crippen molar-refractivity contribution in [1.29, 1.82) is 0 Å². The van der Waals surface area contributed by atoms with Gasteiger partial charge in [0.1, 0.15) is 11.3 Å². The fourth-order valence-electron chi connectivity index (χ4n) is 5.28. The molecule has 0 aromatic carbocycles. The van der Waals surface area contributed by atoms with Crippen molar-refractivity contribution in [2.75, 3.05) is 36.5 Å². The van der Waals surface area contributed by atoms with Crippen LogP contribution in [0.5, 0.6) is 0 Å². The van der Waals surface area contributed by atoms with Crippen molar-refractivity contribution in [3.63, 3.8) is 0 Å². The van der Waals surface area contributed by atoms with Crippen molar-refractivity contribution in [2.24, 2.45) is 11.8 Å². The van der Waals surface area contributed by atoms with Crippen LogP contribution in [0.15, 0.2) is 6.33 Å². The van der Waals surface area contributed by atoms with E-state index in [0.29, 0.717) is 54.9 Å². The van der Waals surface area contributed by atoms with Gasteiger partial charge in [0.15, 0.2) is 0 Å². The summed E-state index contributed by atoms with van der Waals surface area (Å²) in [6.07, 6.45) is 10.1. The third-order valence-electron chi connectivity index (χ3n) is 7.81. The summed E-state index contributed by atoms with van der Waals surface area (Å²) in [7, 11) is -3.22. The van der Waals surface area contributed by atoms with E-state index in [2.05, 4.69) is 26.1 Å². The number of hydrogen-bond donors (Lipinski definition) is 3. The number of aryl methyl sites for hydroxylation is 1. The average Bonchev–Trinajstić information content (AvgIpc) is 3.75. The Morgan fingerprint density at radius 3 is 2.68 bits per heavy atom. The summed E-state index contributed by atoms with van der Waals surface area (Å²) in [6, 6.07) is 0.0138. The van der Waals surface area contributed by atoms with Crippen molar-refractivity contribution in [2.45, 2.75) is 63.5 Å². The molecule has 2 amide bonds. The minimum Gasteiger partial charge on any atom is -0.352 e. The van der Waals surface area contributed by atoms with Crippen LogP contribution < -0.4 is 16.0 Å². The van der Waals surface area contributed by atoms with Gasteiger partial charge in [-0.25, -0.2) is 12.7 Å². The lowest BCUT2D eigenvalue weighted by Crippen LogP contribution is -2.31. The monoisotopic (exact) mass is 547 g/mol. The van der Waals surface area contributed by atoms with Gasteiger partial charge in [-0.15, -0.1) is 21.5 Å². The van der Waals surface area contributed by atoms with Crippen LogP contribution in [-0.4, -0.2) is 71.2 Å². The zero-order chi connectivity index (χ0) is 25.7. The zero-order valence-electron chi connectivity index (χ0n) is 20.9.